The second-order valence-electron chi connectivity index (χ2n) is 6.72. The van der Waals surface area contributed by atoms with Crippen molar-refractivity contribution in [3.8, 4) is 0 Å². The lowest BCUT2D eigenvalue weighted by Crippen LogP contribution is -2.38. The molecule has 1 saturated heterocycles. The van der Waals surface area contributed by atoms with Gasteiger partial charge in [0, 0.05) is 48.5 Å². The number of hydrogen-bond acceptors (Lipinski definition) is 4. The van der Waals surface area contributed by atoms with Gasteiger partial charge in [0.25, 0.3) is 0 Å². The van der Waals surface area contributed by atoms with Crippen LogP contribution < -0.4 is 0 Å². The molecule has 1 fully saturated rings. The van der Waals surface area contributed by atoms with Gasteiger partial charge in [0.05, 0.1) is 18.4 Å². The molecule has 0 unspecified atom stereocenters. The first-order valence-electron chi connectivity index (χ1n) is 8.71. The van der Waals surface area contributed by atoms with Gasteiger partial charge in [0.15, 0.2) is 0 Å². The molecule has 0 atom stereocenters. The average molecular weight is 335 g/mol. The van der Waals surface area contributed by atoms with Gasteiger partial charge in [0.1, 0.15) is 5.58 Å². The van der Waals surface area contributed by atoms with E-state index >= 15 is 0 Å². The van der Waals surface area contributed by atoms with Crippen LogP contribution in [0.5, 0.6) is 0 Å². The van der Waals surface area contributed by atoms with Gasteiger partial charge < -0.3 is 9.32 Å². The highest BCUT2D eigenvalue weighted by Gasteiger charge is 2.25. The van der Waals surface area contributed by atoms with Gasteiger partial charge >= 0.3 is 0 Å². The monoisotopic (exact) mass is 335 g/mol. The molecule has 1 aliphatic heterocycles. The molecule has 1 aromatic carbocycles. The third kappa shape index (κ3) is 3.27. The third-order valence-electron chi connectivity index (χ3n) is 5.00. The lowest BCUT2D eigenvalue weighted by Gasteiger charge is -2.31. The van der Waals surface area contributed by atoms with Gasteiger partial charge in [-0.3, -0.25) is 14.8 Å². The molecular formula is C20H21N3O2. The van der Waals surface area contributed by atoms with E-state index in [4.69, 9.17) is 4.42 Å². The second-order valence-corrected chi connectivity index (χ2v) is 6.72. The summed E-state index contributed by atoms with van der Waals surface area (Å²) in [6, 6.07) is 6.10. The molecule has 0 saturated carbocycles. The molecule has 25 heavy (non-hydrogen) atoms. The zero-order chi connectivity index (χ0) is 17.2. The largest absolute Gasteiger partial charge is 0.464 e. The Hall–Kier alpha value is -2.69. The SMILES string of the molecule is Cc1ccc2c(CC(=O)N3CCC(c4cnccn4)CC3)coc2c1. The van der Waals surface area contributed by atoms with Gasteiger partial charge in [-0.2, -0.15) is 0 Å². The molecule has 128 valence electrons. The lowest BCUT2D eigenvalue weighted by atomic mass is 9.93. The van der Waals surface area contributed by atoms with Crippen LogP contribution in [0.2, 0.25) is 0 Å². The van der Waals surface area contributed by atoms with Gasteiger partial charge in [-0.05, 0) is 31.4 Å². The highest BCUT2D eigenvalue weighted by atomic mass is 16.3. The number of piperidine rings is 1. The number of rotatable bonds is 3. The van der Waals surface area contributed by atoms with E-state index < -0.39 is 0 Å². The van der Waals surface area contributed by atoms with E-state index in [2.05, 4.69) is 16.0 Å². The summed E-state index contributed by atoms with van der Waals surface area (Å²) in [5.74, 6) is 0.566. The summed E-state index contributed by atoms with van der Waals surface area (Å²) in [4.78, 5) is 23.2. The Morgan fingerprint density at radius 1 is 1.28 bits per heavy atom. The van der Waals surface area contributed by atoms with Crippen LogP contribution in [0.4, 0.5) is 0 Å². The van der Waals surface area contributed by atoms with Crippen LogP contribution in [0.25, 0.3) is 11.0 Å². The summed E-state index contributed by atoms with van der Waals surface area (Å²) in [6.45, 7) is 3.58. The number of aromatic nitrogens is 2. The zero-order valence-electron chi connectivity index (χ0n) is 14.3. The summed E-state index contributed by atoms with van der Waals surface area (Å²) in [7, 11) is 0. The fourth-order valence-electron chi connectivity index (χ4n) is 3.55. The maximum Gasteiger partial charge on any atom is 0.227 e. The predicted octanol–water partition coefficient (Wildman–Crippen LogP) is 3.48. The van der Waals surface area contributed by atoms with Gasteiger partial charge in [0.2, 0.25) is 5.91 Å². The minimum atomic E-state index is 0.167. The lowest BCUT2D eigenvalue weighted by molar-refractivity contribution is -0.131. The van der Waals surface area contributed by atoms with E-state index in [1.54, 1.807) is 18.7 Å². The standard InChI is InChI=1S/C20H21N3O2/c1-14-2-3-17-16(13-25-19(17)10-14)11-20(24)23-8-4-15(5-9-23)18-12-21-6-7-22-18/h2-3,6-7,10,12-13,15H,4-5,8-9,11H2,1H3. The summed E-state index contributed by atoms with van der Waals surface area (Å²) in [5, 5.41) is 1.04. The van der Waals surface area contributed by atoms with Crippen LogP contribution in [0.15, 0.2) is 47.5 Å². The van der Waals surface area contributed by atoms with E-state index in [1.807, 2.05) is 30.2 Å². The van der Waals surface area contributed by atoms with Crippen molar-refractivity contribution in [2.24, 2.45) is 0 Å². The molecule has 2 aromatic heterocycles. The minimum Gasteiger partial charge on any atom is -0.464 e. The first-order valence-corrected chi connectivity index (χ1v) is 8.71. The Kier molecular flexibility index (Phi) is 4.22. The van der Waals surface area contributed by atoms with Crippen molar-refractivity contribution in [2.75, 3.05) is 13.1 Å². The van der Waals surface area contributed by atoms with Crippen molar-refractivity contribution in [3.05, 3.63) is 59.9 Å². The molecule has 1 aliphatic rings. The molecule has 4 rings (SSSR count). The fraction of sp³-hybridized carbons (Fsp3) is 0.350. The molecular weight excluding hydrogens is 314 g/mol. The molecule has 5 heteroatoms. The van der Waals surface area contributed by atoms with Crippen molar-refractivity contribution >= 4 is 16.9 Å². The highest BCUT2D eigenvalue weighted by Crippen LogP contribution is 2.27. The van der Waals surface area contributed by atoms with Crippen molar-refractivity contribution in [1.82, 2.24) is 14.9 Å². The number of hydrogen-bond donors (Lipinski definition) is 0. The van der Waals surface area contributed by atoms with Crippen LogP contribution in [0.1, 0.15) is 35.6 Å². The predicted molar refractivity (Wildman–Crippen MR) is 95.2 cm³/mol. The Balaban J connectivity index is 1.40. The van der Waals surface area contributed by atoms with Crippen LogP contribution in [0, 0.1) is 6.92 Å². The van der Waals surface area contributed by atoms with E-state index in [0.29, 0.717) is 12.3 Å². The molecule has 0 aliphatic carbocycles. The van der Waals surface area contributed by atoms with Crippen LogP contribution in [-0.4, -0.2) is 33.9 Å². The molecule has 0 spiro atoms. The topological polar surface area (TPSA) is 59.2 Å². The van der Waals surface area contributed by atoms with E-state index in [9.17, 15) is 4.79 Å². The summed E-state index contributed by atoms with van der Waals surface area (Å²) in [6.07, 6.45) is 9.25. The number of carbonyl (C=O) groups is 1. The van der Waals surface area contributed by atoms with Crippen molar-refractivity contribution in [2.45, 2.75) is 32.1 Å². The van der Waals surface area contributed by atoms with Gasteiger partial charge in [-0.25, -0.2) is 0 Å². The summed E-state index contributed by atoms with van der Waals surface area (Å²) >= 11 is 0. The molecule has 1 amide bonds. The van der Waals surface area contributed by atoms with Crippen molar-refractivity contribution < 1.29 is 9.21 Å². The summed E-state index contributed by atoms with van der Waals surface area (Å²) < 4.78 is 5.61. The maximum absolute atomic E-state index is 12.7. The third-order valence-corrected chi connectivity index (χ3v) is 5.00. The number of fused-ring (bicyclic) bond motifs is 1. The molecule has 0 bridgehead atoms. The Morgan fingerprint density at radius 2 is 2.12 bits per heavy atom. The molecule has 0 radical (unpaired) electrons. The van der Waals surface area contributed by atoms with Crippen LogP contribution in [0.3, 0.4) is 0 Å². The van der Waals surface area contributed by atoms with Gasteiger partial charge in [-0.1, -0.05) is 12.1 Å². The second kappa shape index (κ2) is 6.67. The number of likely N-dealkylation sites (tertiary alicyclic amines) is 1. The van der Waals surface area contributed by atoms with E-state index in [0.717, 1.165) is 53.7 Å². The number of furan rings is 1. The number of aryl methyl sites for hydroxylation is 1. The smallest absolute Gasteiger partial charge is 0.227 e. The Bertz CT molecular complexity index is 880. The zero-order valence-corrected chi connectivity index (χ0v) is 14.3. The Morgan fingerprint density at radius 3 is 2.88 bits per heavy atom. The van der Waals surface area contributed by atoms with Crippen molar-refractivity contribution in [3.63, 3.8) is 0 Å². The number of amides is 1. The van der Waals surface area contributed by atoms with E-state index in [-0.39, 0.29) is 5.91 Å². The number of carbonyl (C=O) groups excluding carboxylic acids is 1. The first kappa shape index (κ1) is 15.8. The molecule has 3 aromatic rings. The fourth-order valence-corrected chi connectivity index (χ4v) is 3.55. The van der Waals surface area contributed by atoms with Crippen LogP contribution >= 0.6 is 0 Å². The number of benzene rings is 1. The highest BCUT2D eigenvalue weighted by molar-refractivity contribution is 5.88. The summed E-state index contributed by atoms with van der Waals surface area (Å²) in [5.41, 5.74) is 4.01. The molecule has 5 nitrogen and oxygen atoms in total. The average Bonchev–Trinajstić information content (AvgIpc) is 3.04. The first-order chi connectivity index (χ1) is 12.2. The maximum atomic E-state index is 12.7. The minimum absolute atomic E-state index is 0.167. The molecule has 3 heterocycles. The van der Waals surface area contributed by atoms with E-state index in [1.165, 1.54) is 0 Å². The normalized spacial score (nSPS) is 15.6. The number of nitrogens with zero attached hydrogens (tertiary/aromatic N) is 3. The molecule has 0 N–H and O–H groups in total. The van der Waals surface area contributed by atoms with Crippen LogP contribution in [-0.2, 0) is 11.2 Å². The Labute approximate surface area is 146 Å². The quantitative estimate of drug-likeness (QED) is 0.735. The van der Waals surface area contributed by atoms with Crippen molar-refractivity contribution in [1.29, 1.82) is 0 Å². The van der Waals surface area contributed by atoms with Gasteiger partial charge in [-0.15, -0.1) is 0 Å².